The van der Waals surface area contributed by atoms with E-state index in [4.69, 9.17) is 0 Å². The van der Waals surface area contributed by atoms with Crippen molar-refractivity contribution in [2.24, 2.45) is 11.8 Å². The molecule has 1 saturated heterocycles. The smallest absolute Gasteiger partial charge is 0.253 e. The first-order chi connectivity index (χ1) is 12.6. The van der Waals surface area contributed by atoms with E-state index in [1.54, 1.807) is 18.2 Å². The second-order valence-electron chi connectivity index (χ2n) is 6.73. The lowest BCUT2D eigenvalue weighted by Gasteiger charge is -2.31. The lowest BCUT2D eigenvalue weighted by molar-refractivity contribution is -0.121. The summed E-state index contributed by atoms with van der Waals surface area (Å²) in [5.41, 5.74) is 2.24. The van der Waals surface area contributed by atoms with Crippen LogP contribution in [0.25, 0.3) is 0 Å². The van der Waals surface area contributed by atoms with Crippen LogP contribution in [0.5, 0.6) is 0 Å². The Morgan fingerprint density at radius 3 is 2.46 bits per heavy atom. The molecule has 2 aromatic rings. The molecule has 3 N–H and O–H groups in total. The lowest BCUT2D eigenvalue weighted by Crippen LogP contribution is -2.48. The Hall–Kier alpha value is -2.66. The fourth-order valence-electron chi connectivity index (χ4n) is 2.98. The van der Waals surface area contributed by atoms with Crippen molar-refractivity contribution < 1.29 is 9.59 Å². The van der Waals surface area contributed by atoms with Crippen molar-refractivity contribution in [2.45, 2.75) is 13.3 Å². The monoisotopic (exact) mass is 351 g/mol. The van der Waals surface area contributed by atoms with Crippen LogP contribution in [-0.4, -0.2) is 31.4 Å². The van der Waals surface area contributed by atoms with Gasteiger partial charge >= 0.3 is 0 Å². The second kappa shape index (κ2) is 8.63. The Morgan fingerprint density at radius 2 is 1.77 bits per heavy atom. The van der Waals surface area contributed by atoms with E-state index in [-0.39, 0.29) is 17.7 Å². The average molecular weight is 351 g/mol. The summed E-state index contributed by atoms with van der Waals surface area (Å²) < 4.78 is 0. The van der Waals surface area contributed by atoms with Crippen LogP contribution in [0.3, 0.4) is 0 Å². The number of carbonyl (C=O) groups is 2. The van der Waals surface area contributed by atoms with Crippen molar-refractivity contribution in [3.63, 3.8) is 0 Å². The summed E-state index contributed by atoms with van der Waals surface area (Å²) in [4.78, 5) is 25.0. The molecule has 1 unspecified atom stereocenters. The molecule has 1 aliphatic heterocycles. The van der Waals surface area contributed by atoms with Gasteiger partial charge in [-0.25, -0.2) is 0 Å². The number of amides is 2. The van der Waals surface area contributed by atoms with Gasteiger partial charge in [-0.15, -0.1) is 0 Å². The molecule has 2 amide bonds. The van der Waals surface area contributed by atoms with Gasteiger partial charge in [0.1, 0.15) is 0 Å². The zero-order valence-electron chi connectivity index (χ0n) is 15.0. The Kier molecular flexibility index (Phi) is 6.02. The Balaban J connectivity index is 1.58. The Bertz CT molecular complexity index is 757. The van der Waals surface area contributed by atoms with Gasteiger partial charge < -0.3 is 16.0 Å². The van der Waals surface area contributed by atoms with E-state index in [1.807, 2.05) is 43.3 Å². The molecule has 0 radical (unpaired) electrons. The Labute approximate surface area is 154 Å². The highest BCUT2D eigenvalue weighted by Crippen LogP contribution is 2.20. The summed E-state index contributed by atoms with van der Waals surface area (Å²) in [6, 6.07) is 17.2. The van der Waals surface area contributed by atoms with Crippen molar-refractivity contribution >= 4 is 17.5 Å². The van der Waals surface area contributed by atoms with Crippen molar-refractivity contribution in [1.29, 1.82) is 0 Å². The minimum absolute atomic E-state index is 0.0407. The van der Waals surface area contributed by atoms with Crippen LogP contribution >= 0.6 is 0 Å². The summed E-state index contributed by atoms with van der Waals surface area (Å²) in [6.45, 7) is 4.23. The summed E-state index contributed by atoms with van der Waals surface area (Å²) in [5, 5.41) is 9.04. The maximum absolute atomic E-state index is 12.5. The molecule has 0 spiro atoms. The fourth-order valence-corrected chi connectivity index (χ4v) is 2.98. The first-order valence-electron chi connectivity index (χ1n) is 9.08. The number of anilines is 1. The van der Waals surface area contributed by atoms with Crippen LogP contribution in [0.4, 0.5) is 5.69 Å². The number of nitrogens with one attached hydrogen (secondary N) is 3. The number of rotatable bonds is 7. The third kappa shape index (κ3) is 4.49. The number of para-hydroxylation sites is 1. The maximum Gasteiger partial charge on any atom is 0.253 e. The van der Waals surface area contributed by atoms with Gasteiger partial charge in [-0.3, -0.25) is 9.59 Å². The highest BCUT2D eigenvalue weighted by atomic mass is 16.2. The molecule has 0 aromatic heterocycles. The minimum atomic E-state index is -0.171. The number of hydrogen-bond acceptors (Lipinski definition) is 3. The molecule has 0 aliphatic carbocycles. The van der Waals surface area contributed by atoms with Crippen molar-refractivity contribution in [1.82, 2.24) is 10.6 Å². The van der Waals surface area contributed by atoms with Crippen LogP contribution in [-0.2, 0) is 11.2 Å². The average Bonchev–Trinajstić information content (AvgIpc) is 2.61. The van der Waals surface area contributed by atoms with Gasteiger partial charge in [0.25, 0.3) is 5.91 Å². The molecule has 136 valence electrons. The summed E-state index contributed by atoms with van der Waals surface area (Å²) in [6.07, 6.45) is 0.771. The molecule has 1 aliphatic rings. The third-order valence-corrected chi connectivity index (χ3v) is 4.91. The van der Waals surface area contributed by atoms with E-state index in [2.05, 4.69) is 16.0 Å². The Morgan fingerprint density at radius 1 is 1.08 bits per heavy atom. The van der Waals surface area contributed by atoms with E-state index in [9.17, 15) is 9.59 Å². The van der Waals surface area contributed by atoms with E-state index in [0.29, 0.717) is 23.7 Å². The van der Waals surface area contributed by atoms with E-state index in [1.165, 1.54) is 5.56 Å². The molecule has 1 heterocycles. The first kappa shape index (κ1) is 18.1. The second-order valence-corrected chi connectivity index (χ2v) is 6.73. The van der Waals surface area contributed by atoms with Crippen LogP contribution in [0.1, 0.15) is 22.8 Å². The fraction of sp³-hybridized carbons (Fsp3) is 0.333. The van der Waals surface area contributed by atoms with E-state index < -0.39 is 0 Å². The molecule has 0 saturated carbocycles. The summed E-state index contributed by atoms with van der Waals surface area (Å²) >= 11 is 0. The van der Waals surface area contributed by atoms with Gasteiger partial charge in [0, 0.05) is 12.5 Å². The maximum atomic E-state index is 12.5. The van der Waals surface area contributed by atoms with Gasteiger partial charge in [0.15, 0.2) is 0 Å². The van der Waals surface area contributed by atoms with Crippen molar-refractivity contribution in [3.8, 4) is 0 Å². The molecular weight excluding hydrogens is 326 g/mol. The normalized spacial score (nSPS) is 15.0. The third-order valence-electron chi connectivity index (χ3n) is 4.91. The minimum Gasteiger partial charge on any atom is -0.352 e. The molecule has 5 heteroatoms. The van der Waals surface area contributed by atoms with Crippen LogP contribution in [0.15, 0.2) is 54.6 Å². The predicted octanol–water partition coefficient (Wildman–Crippen LogP) is 2.45. The lowest BCUT2D eigenvalue weighted by atomic mass is 9.88. The van der Waals surface area contributed by atoms with Gasteiger partial charge in [-0.2, -0.15) is 0 Å². The zero-order valence-corrected chi connectivity index (χ0v) is 15.0. The molecule has 5 nitrogen and oxygen atoms in total. The van der Waals surface area contributed by atoms with Crippen molar-refractivity contribution in [2.75, 3.05) is 25.0 Å². The molecule has 1 atom stereocenters. The number of carbonyl (C=O) groups excluding carboxylic acids is 2. The summed E-state index contributed by atoms with van der Waals surface area (Å²) in [5.74, 6) is 0.0724. The van der Waals surface area contributed by atoms with Gasteiger partial charge in [-0.05, 0) is 43.1 Å². The van der Waals surface area contributed by atoms with E-state index in [0.717, 1.165) is 19.5 Å². The van der Waals surface area contributed by atoms with Gasteiger partial charge in [-0.1, -0.05) is 49.4 Å². The van der Waals surface area contributed by atoms with E-state index >= 15 is 0 Å². The first-order valence-corrected chi connectivity index (χ1v) is 9.08. The number of benzene rings is 2. The molecule has 1 fully saturated rings. The molecular formula is C21H25N3O2. The SMILES string of the molecule is CC(C(=O)Nc1ccccc1C(=O)NCCc1ccccc1)C1CNC1. The van der Waals surface area contributed by atoms with Crippen LogP contribution in [0.2, 0.25) is 0 Å². The largest absolute Gasteiger partial charge is 0.352 e. The molecule has 0 bridgehead atoms. The van der Waals surface area contributed by atoms with Crippen LogP contribution in [0, 0.1) is 11.8 Å². The highest BCUT2D eigenvalue weighted by molar-refractivity contribution is 6.04. The molecule has 3 rings (SSSR count). The number of hydrogen-bond donors (Lipinski definition) is 3. The topological polar surface area (TPSA) is 70.2 Å². The van der Waals surface area contributed by atoms with Crippen molar-refractivity contribution in [3.05, 3.63) is 65.7 Å². The zero-order chi connectivity index (χ0) is 18.4. The van der Waals surface area contributed by atoms with Crippen LogP contribution < -0.4 is 16.0 Å². The molecule has 26 heavy (non-hydrogen) atoms. The van der Waals surface area contributed by atoms with Gasteiger partial charge in [0.2, 0.25) is 5.91 Å². The quantitative estimate of drug-likeness (QED) is 0.718. The summed E-state index contributed by atoms with van der Waals surface area (Å²) in [7, 11) is 0. The molecule has 2 aromatic carbocycles. The predicted molar refractivity (Wildman–Crippen MR) is 103 cm³/mol. The van der Waals surface area contributed by atoms with Gasteiger partial charge in [0.05, 0.1) is 11.3 Å². The standard InChI is InChI=1S/C21H25N3O2/c1-15(17-13-22-14-17)20(25)24-19-10-6-5-9-18(19)21(26)23-12-11-16-7-3-2-4-8-16/h2-10,15,17,22H,11-14H2,1H3,(H,23,26)(H,24,25). The highest BCUT2D eigenvalue weighted by Gasteiger charge is 2.29.